The molecule has 1 fully saturated rings. The Bertz CT molecular complexity index is 578. The highest BCUT2D eigenvalue weighted by atomic mass is 15.5. The minimum atomic E-state index is 0.755. The average molecular weight is 285 g/mol. The van der Waals surface area contributed by atoms with Gasteiger partial charge in [-0.15, -0.1) is 5.10 Å². The smallest absolute Gasteiger partial charge is 0.182 e. The highest BCUT2D eigenvalue weighted by Gasteiger charge is 2.15. The molecule has 1 saturated carbocycles. The van der Waals surface area contributed by atoms with Crippen LogP contribution in [0.4, 0.5) is 5.69 Å². The summed E-state index contributed by atoms with van der Waals surface area (Å²) in [5.74, 6) is 1.73. The summed E-state index contributed by atoms with van der Waals surface area (Å²) in [7, 11) is 0. The SMILES string of the molecule is Cc1cc(N)cc(-c2nnnn2CCCC2CCCC2)c1. The molecule has 112 valence electrons. The maximum absolute atomic E-state index is 5.92. The fourth-order valence-corrected chi connectivity index (χ4v) is 3.33. The van der Waals surface area contributed by atoms with Gasteiger partial charge in [0.2, 0.25) is 0 Å². The zero-order chi connectivity index (χ0) is 14.7. The van der Waals surface area contributed by atoms with Crippen molar-refractivity contribution in [3.8, 4) is 11.4 Å². The van der Waals surface area contributed by atoms with Gasteiger partial charge in [-0.1, -0.05) is 25.7 Å². The first kappa shape index (κ1) is 14.0. The van der Waals surface area contributed by atoms with Crippen LogP contribution in [0.2, 0.25) is 0 Å². The Morgan fingerprint density at radius 2 is 2.05 bits per heavy atom. The Morgan fingerprint density at radius 3 is 2.81 bits per heavy atom. The van der Waals surface area contributed by atoms with Gasteiger partial charge in [-0.2, -0.15) is 0 Å². The summed E-state index contributed by atoms with van der Waals surface area (Å²) in [6.07, 6.45) is 8.04. The standard InChI is InChI=1S/C16H23N5/c1-12-9-14(11-15(17)10-12)16-18-19-20-21(16)8-4-7-13-5-2-3-6-13/h9-11,13H,2-8,17H2,1H3. The molecule has 1 aromatic carbocycles. The first-order valence-electron chi connectivity index (χ1n) is 7.86. The number of hydrogen-bond acceptors (Lipinski definition) is 4. The molecule has 3 rings (SSSR count). The molecule has 0 atom stereocenters. The highest BCUT2D eigenvalue weighted by Crippen LogP contribution is 2.29. The van der Waals surface area contributed by atoms with E-state index in [1.807, 2.05) is 23.7 Å². The first-order valence-corrected chi connectivity index (χ1v) is 7.86. The van der Waals surface area contributed by atoms with Crippen molar-refractivity contribution in [2.24, 2.45) is 5.92 Å². The van der Waals surface area contributed by atoms with Gasteiger partial charge in [-0.25, -0.2) is 4.68 Å². The first-order chi connectivity index (χ1) is 10.2. The lowest BCUT2D eigenvalue weighted by molar-refractivity contribution is 0.444. The molecule has 0 unspecified atom stereocenters. The summed E-state index contributed by atoms with van der Waals surface area (Å²) in [5, 5.41) is 12.1. The van der Waals surface area contributed by atoms with E-state index in [0.29, 0.717) is 0 Å². The lowest BCUT2D eigenvalue weighted by Gasteiger charge is -2.09. The Labute approximate surface area is 125 Å². The van der Waals surface area contributed by atoms with Gasteiger partial charge >= 0.3 is 0 Å². The molecular weight excluding hydrogens is 262 g/mol. The average Bonchev–Trinajstić information content (AvgIpc) is 3.08. The van der Waals surface area contributed by atoms with Crippen LogP contribution < -0.4 is 5.73 Å². The summed E-state index contributed by atoms with van der Waals surface area (Å²) >= 11 is 0. The number of tetrazole rings is 1. The number of aryl methyl sites for hydroxylation is 2. The largest absolute Gasteiger partial charge is 0.399 e. The van der Waals surface area contributed by atoms with E-state index in [9.17, 15) is 0 Å². The molecule has 0 spiro atoms. The van der Waals surface area contributed by atoms with E-state index < -0.39 is 0 Å². The fraction of sp³-hybridized carbons (Fsp3) is 0.562. The monoisotopic (exact) mass is 285 g/mol. The number of hydrogen-bond donors (Lipinski definition) is 1. The van der Waals surface area contributed by atoms with E-state index in [2.05, 4.69) is 21.6 Å². The van der Waals surface area contributed by atoms with Crippen molar-refractivity contribution in [3.63, 3.8) is 0 Å². The van der Waals surface area contributed by atoms with Crippen molar-refractivity contribution in [2.75, 3.05) is 5.73 Å². The topological polar surface area (TPSA) is 69.6 Å². The molecule has 2 N–H and O–H groups in total. The van der Waals surface area contributed by atoms with Crippen molar-refractivity contribution in [2.45, 2.75) is 52.0 Å². The van der Waals surface area contributed by atoms with Gasteiger partial charge < -0.3 is 5.73 Å². The number of nitrogens with two attached hydrogens (primary N) is 1. The summed E-state index contributed by atoms with van der Waals surface area (Å²) in [6.45, 7) is 2.92. The molecule has 1 aliphatic carbocycles. The maximum Gasteiger partial charge on any atom is 0.182 e. The van der Waals surface area contributed by atoms with Crippen LogP contribution in [0.5, 0.6) is 0 Å². The summed E-state index contributed by atoms with van der Waals surface area (Å²) < 4.78 is 1.91. The van der Waals surface area contributed by atoms with Gasteiger partial charge in [-0.3, -0.25) is 0 Å². The van der Waals surface area contributed by atoms with Crippen LogP contribution in [0, 0.1) is 12.8 Å². The Hall–Kier alpha value is -1.91. The lowest BCUT2D eigenvalue weighted by atomic mass is 10.0. The van der Waals surface area contributed by atoms with Crippen LogP contribution in [-0.4, -0.2) is 20.2 Å². The molecule has 0 saturated heterocycles. The molecule has 1 aliphatic rings. The molecule has 0 bridgehead atoms. The minimum Gasteiger partial charge on any atom is -0.399 e. The van der Waals surface area contributed by atoms with Gasteiger partial charge in [0.15, 0.2) is 5.82 Å². The van der Waals surface area contributed by atoms with Crippen LogP contribution in [0.15, 0.2) is 18.2 Å². The van der Waals surface area contributed by atoms with E-state index in [1.54, 1.807) is 0 Å². The summed E-state index contributed by atoms with van der Waals surface area (Å²) in [5.41, 5.74) is 8.80. The Balaban J connectivity index is 1.68. The van der Waals surface area contributed by atoms with Crippen LogP contribution >= 0.6 is 0 Å². The molecule has 0 amide bonds. The molecule has 2 aromatic rings. The molecule has 0 aliphatic heterocycles. The third kappa shape index (κ3) is 3.40. The minimum absolute atomic E-state index is 0.755. The van der Waals surface area contributed by atoms with Crippen LogP contribution in [0.1, 0.15) is 44.1 Å². The van der Waals surface area contributed by atoms with Gasteiger partial charge in [-0.05, 0) is 59.9 Å². The quantitative estimate of drug-likeness (QED) is 0.856. The van der Waals surface area contributed by atoms with E-state index in [0.717, 1.165) is 41.5 Å². The van der Waals surface area contributed by atoms with E-state index in [1.165, 1.54) is 32.1 Å². The molecule has 0 radical (unpaired) electrons. The highest BCUT2D eigenvalue weighted by molar-refractivity contribution is 5.62. The van der Waals surface area contributed by atoms with Crippen molar-refractivity contribution in [1.82, 2.24) is 20.2 Å². The molecule has 1 aromatic heterocycles. The van der Waals surface area contributed by atoms with E-state index in [4.69, 9.17) is 5.73 Å². The zero-order valence-electron chi connectivity index (χ0n) is 12.6. The Morgan fingerprint density at radius 1 is 1.24 bits per heavy atom. The molecule has 5 heteroatoms. The molecule has 1 heterocycles. The van der Waals surface area contributed by atoms with Crippen LogP contribution in [-0.2, 0) is 6.54 Å². The second-order valence-electron chi connectivity index (χ2n) is 6.15. The van der Waals surface area contributed by atoms with Crippen molar-refractivity contribution >= 4 is 5.69 Å². The predicted molar refractivity (Wildman–Crippen MR) is 83.6 cm³/mol. The van der Waals surface area contributed by atoms with Crippen molar-refractivity contribution in [1.29, 1.82) is 0 Å². The van der Waals surface area contributed by atoms with E-state index >= 15 is 0 Å². The number of nitrogens with zero attached hydrogens (tertiary/aromatic N) is 4. The van der Waals surface area contributed by atoms with Crippen LogP contribution in [0.3, 0.4) is 0 Å². The summed E-state index contributed by atoms with van der Waals surface area (Å²) in [6, 6.07) is 5.97. The van der Waals surface area contributed by atoms with Crippen LogP contribution in [0.25, 0.3) is 11.4 Å². The summed E-state index contributed by atoms with van der Waals surface area (Å²) in [4.78, 5) is 0. The molecule has 21 heavy (non-hydrogen) atoms. The van der Waals surface area contributed by atoms with Crippen molar-refractivity contribution in [3.05, 3.63) is 23.8 Å². The third-order valence-electron chi connectivity index (χ3n) is 4.35. The Kier molecular flexibility index (Phi) is 4.18. The maximum atomic E-state index is 5.92. The molecule has 5 nitrogen and oxygen atoms in total. The van der Waals surface area contributed by atoms with Crippen molar-refractivity contribution < 1.29 is 0 Å². The second-order valence-corrected chi connectivity index (χ2v) is 6.15. The van der Waals surface area contributed by atoms with Gasteiger partial charge in [0.05, 0.1) is 0 Å². The normalized spacial score (nSPS) is 15.7. The van der Waals surface area contributed by atoms with Gasteiger partial charge in [0.25, 0.3) is 0 Å². The number of nitrogen functional groups attached to an aromatic ring is 1. The molecular formula is C16H23N5. The number of benzene rings is 1. The van der Waals surface area contributed by atoms with E-state index in [-0.39, 0.29) is 0 Å². The lowest BCUT2D eigenvalue weighted by Crippen LogP contribution is -2.05. The third-order valence-corrected chi connectivity index (χ3v) is 4.35. The van der Waals surface area contributed by atoms with Gasteiger partial charge in [0.1, 0.15) is 0 Å². The second kappa shape index (κ2) is 6.24. The number of rotatable bonds is 5. The number of anilines is 1. The zero-order valence-corrected chi connectivity index (χ0v) is 12.6. The number of aromatic nitrogens is 4. The fourth-order valence-electron chi connectivity index (χ4n) is 3.33. The van der Waals surface area contributed by atoms with Gasteiger partial charge in [0, 0.05) is 17.8 Å². The predicted octanol–water partition coefficient (Wildman–Crippen LogP) is 3.20.